The number of hydrogen-bond donors (Lipinski definition) is 2. The van der Waals surface area contributed by atoms with Gasteiger partial charge in [-0.05, 0) is 66.7 Å². The van der Waals surface area contributed by atoms with Crippen LogP contribution in [0.4, 0.5) is 13.2 Å². The van der Waals surface area contributed by atoms with Crippen LogP contribution in [0.2, 0.25) is 0 Å². The predicted molar refractivity (Wildman–Crippen MR) is 101 cm³/mol. The van der Waals surface area contributed by atoms with Crippen LogP contribution in [0.1, 0.15) is 49.1 Å². The minimum atomic E-state index is -4.37. The van der Waals surface area contributed by atoms with Gasteiger partial charge < -0.3 is 11.5 Å². The van der Waals surface area contributed by atoms with E-state index in [2.05, 4.69) is 0 Å². The van der Waals surface area contributed by atoms with E-state index in [0.717, 1.165) is 37.7 Å². The van der Waals surface area contributed by atoms with Crippen molar-refractivity contribution in [1.82, 2.24) is 0 Å². The van der Waals surface area contributed by atoms with Gasteiger partial charge in [-0.25, -0.2) is 0 Å². The van der Waals surface area contributed by atoms with Crippen molar-refractivity contribution in [3.05, 3.63) is 59.7 Å². The molecule has 2 atom stereocenters. The van der Waals surface area contributed by atoms with Crippen molar-refractivity contribution in [1.29, 1.82) is 0 Å². The van der Waals surface area contributed by atoms with Gasteiger partial charge in [-0.1, -0.05) is 42.5 Å². The zero-order valence-corrected chi connectivity index (χ0v) is 15.2. The molecule has 2 aliphatic carbocycles. The van der Waals surface area contributed by atoms with Crippen molar-refractivity contribution in [3.8, 4) is 11.1 Å². The Morgan fingerprint density at radius 2 is 1.59 bits per heavy atom. The lowest BCUT2D eigenvalue weighted by molar-refractivity contribution is -0.138. The SMILES string of the molecule is NC1CCC(N)([C@H]2C[C@H]2c2ccc(-c3ccccc3)cc2C(F)(F)F)CC1. The monoisotopic (exact) mass is 374 g/mol. The Morgan fingerprint density at radius 1 is 0.926 bits per heavy atom. The van der Waals surface area contributed by atoms with Crippen molar-refractivity contribution in [2.75, 3.05) is 0 Å². The number of benzene rings is 2. The van der Waals surface area contributed by atoms with Gasteiger partial charge in [0, 0.05) is 11.6 Å². The summed E-state index contributed by atoms with van der Waals surface area (Å²) < 4.78 is 41.4. The fourth-order valence-corrected chi connectivity index (χ4v) is 4.66. The van der Waals surface area contributed by atoms with E-state index < -0.39 is 11.7 Å². The standard InChI is InChI=1S/C22H25F3N2/c23-22(24,25)20-12-15(14-4-2-1-3-5-14)6-7-17(20)18-13-19(18)21(27)10-8-16(26)9-11-21/h1-7,12,16,18-19H,8-11,13,26-27H2/t16?,18-,19-,21?/m0/s1. The van der Waals surface area contributed by atoms with Gasteiger partial charge in [-0.3, -0.25) is 0 Å². The smallest absolute Gasteiger partial charge is 0.328 e. The lowest BCUT2D eigenvalue weighted by Gasteiger charge is -2.37. The Hall–Kier alpha value is -1.85. The van der Waals surface area contributed by atoms with Crippen LogP contribution in [-0.2, 0) is 6.18 Å². The first-order valence-electron chi connectivity index (χ1n) is 9.59. The third-order valence-electron chi connectivity index (χ3n) is 6.36. The average molecular weight is 374 g/mol. The summed E-state index contributed by atoms with van der Waals surface area (Å²) in [6.45, 7) is 0. The van der Waals surface area contributed by atoms with Crippen LogP contribution in [-0.4, -0.2) is 11.6 Å². The van der Waals surface area contributed by atoms with Crippen molar-refractivity contribution in [2.45, 2.75) is 55.8 Å². The summed E-state index contributed by atoms with van der Waals surface area (Å²) in [6, 6.07) is 14.1. The lowest BCUT2D eigenvalue weighted by Crippen LogP contribution is -2.48. The third-order valence-corrected chi connectivity index (χ3v) is 6.36. The van der Waals surface area contributed by atoms with Gasteiger partial charge in [-0.2, -0.15) is 13.2 Å². The molecular weight excluding hydrogens is 349 g/mol. The minimum absolute atomic E-state index is 0.106. The molecule has 2 aliphatic rings. The van der Waals surface area contributed by atoms with Gasteiger partial charge in [0.25, 0.3) is 0 Å². The van der Waals surface area contributed by atoms with E-state index >= 15 is 0 Å². The number of hydrogen-bond acceptors (Lipinski definition) is 2. The van der Waals surface area contributed by atoms with E-state index in [0.29, 0.717) is 11.1 Å². The molecule has 0 heterocycles. The molecule has 0 aromatic heterocycles. The molecule has 2 fully saturated rings. The second-order valence-corrected chi connectivity index (χ2v) is 8.19. The molecule has 0 amide bonds. The first kappa shape index (κ1) is 18.5. The summed E-state index contributed by atoms with van der Waals surface area (Å²) in [5.74, 6) is 0.0134. The highest BCUT2D eigenvalue weighted by atomic mass is 19.4. The van der Waals surface area contributed by atoms with Gasteiger partial charge in [-0.15, -0.1) is 0 Å². The van der Waals surface area contributed by atoms with Gasteiger partial charge in [0.05, 0.1) is 5.56 Å². The molecule has 4 N–H and O–H groups in total. The lowest BCUT2D eigenvalue weighted by atomic mass is 9.76. The molecule has 0 unspecified atom stereocenters. The van der Waals surface area contributed by atoms with E-state index in [4.69, 9.17) is 11.5 Å². The molecule has 144 valence electrons. The largest absolute Gasteiger partial charge is 0.416 e. The molecule has 0 saturated heterocycles. The highest BCUT2D eigenvalue weighted by Gasteiger charge is 2.53. The molecule has 0 radical (unpaired) electrons. The highest BCUT2D eigenvalue weighted by molar-refractivity contribution is 5.65. The van der Waals surface area contributed by atoms with E-state index in [1.807, 2.05) is 30.3 Å². The predicted octanol–water partition coefficient (Wildman–Crippen LogP) is 5.07. The maximum atomic E-state index is 13.8. The van der Waals surface area contributed by atoms with Crippen molar-refractivity contribution in [2.24, 2.45) is 17.4 Å². The molecular formula is C22H25F3N2. The Balaban J connectivity index is 1.64. The van der Waals surface area contributed by atoms with Crippen LogP contribution in [0.25, 0.3) is 11.1 Å². The minimum Gasteiger partial charge on any atom is -0.328 e. The van der Waals surface area contributed by atoms with Crippen LogP contribution in [0.15, 0.2) is 48.5 Å². The Bertz CT molecular complexity index is 808. The first-order chi connectivity index (χ1) is 12.8. The Morgan fingerprint density at radius 3 is 2.22 bits per heavy atom. The summed E-state index contributed by atoms with van der Waals surface area (Å²) in [4.78, 5) is 0. The van der Waals surface area contributed by atoms with E-state index in [1.54, 1.807) is 12.1 Å². The number of alkyl halides is 3. The third kappa shape index (κ3) is 3.63. The van der Waals surface area contributed by atoms with Crippen LogP contribution in [0.3, 0.4) is 0 Å². The van der Waals surface area contributed by atoms with Gasteiger partial charge >= 0.3 is 6.18 Å². The average Bonchev–Trinajstić information content (AvgIpc) is 3.45. The van der Waals surface area contributed by atoms with Gasteiger partial charge in [0.2, 0.25) is 0 Å². The van der Waals surface area contributed by atoms with Crippen molar-refractivity contribution in [3.63, 3.8) is 0 Å². The second-order valence-electron chi connectivity index (χ2n) is 8.19. The quantitative estimate of drug-likeness (QED) is 0.788. The van der Waals surface area contributed by atoms with Crippen LogP contribution >= 0.6 is 0 Å². The van der Waals surface area contributed by atoms with Crippen LogP contribution in [0.5, 0.6) is 0 Å². The first-order valence-corrected chi connectivity index (χ1v) is 9.59. The zero-order valence-electron chi connectivity index (χ0n) is 15.2. The summed E-state index contributed by atoms with van der Waals surface area (Å²) >= 11 is 0. The molecule has 2 nitrogen and oxygen atoms in total. The summed E-state index contributed by atoms with van der Waals surface area (Å²) in [5.41, 5.74) is 13.5. The molecule has 0 spiro atoms. The molecule has 2 aromatic rings. The van der Waals surface area contributed by atoms with Crippen LogP contribution in [0, 0.1) is 5.92 Å². The molecule has 27 heavy (non-hydrogen) atoms. The van der Waals surface area contributed by atoms with E-state index in [1.165, 1.54) is 6.07 Å². The fourth-order valence-electron chi connectivity index (χ4n) is 4.66. The van der Waals surface area contributed by atoms with Gasteiger partial charge in [0.1, 0.15) is 0 Å². The maximum Gasteiger partial charge on any atom is 0.416 e. The van der Waals surface area contributed by atoms with Crippen molar-refractivity contribution >= 4 is 0 Å². The molecule has 0 bridgehead atoms. The van der Waals surface area contributed by atoms with Crippen LogP contribution < -0.4 is 11.5 Å². The number of nitrogens with two attached hydrogens (primary N) is 2. The highest BCUT2D eigenvalue weighted by Crippen LogP contribution is 2.58. The molecule has 4 rings (SSSR count). The van der Waals surface area contributed by atoms with E-state index in [9.17, 15) is 13.2 Å². The molecule has 0 aliphatic heterocycles. The fraction of sp³-hybridized carbons (Fsp3) is 0.455. The molecule has 2 aromatic carbocycles. The summed E-state index contributed by atoms with van der Waals surface area (Å²) in [7, 11) is 0. The van der Waals surface area contributed by atoms with Crippen molar-refractivity contribution < 1.29 is 13.2 Å². The summed E-state index contributed by atoms with van der Waals surface area (Å²) in [5, 5.41) is 0. The second kappa shape index (κ2) is 6.64. The summed E-state index contributed by atoms with van der Waals surface area (Å²) in [6.07, 6.45) is -0.307. The molecule has 5 heteroatoms. The molecule has 2 saturated carbocycles. The van der Waals surface area contributed by atoms with Gasteiger partial charge in [0.15, 0.2) is 0 Å². The topological polar surface area (TPSA) is 52.0 Å². The number of halogens is 3. The number of rotatable bonds is 3. The Labute approximate surface area is 157 Å². The maximum absolute atomic E-state index is 13.8. The zero-order chi connectivity index (χ0) is 19.2. The van der Waals surface area contributed by atoms with E-state index in [-0.39, 0.29) is 23.4 Å². The normalized spacial score (nSPS) is 30.9. The Kier molecular flexibility index (Phi) is 4.55.